The van der Waals surface area contributed by atoms with Crippen LogP contribution in [0.1, 0.15) is 24.2 Å². The normalized spacial score (nSPS) is 10.6. The summed E-state index contributed by atoms with van der Waals surface area (Å²) in [5, 5.41) is 13.5. The monoisotopic (exact) mass is 340 g/mol. The van der Waals surface area contributed by atoms with Crippen molar-refractivity contribution in [1.29, 1.82) is 5.26 Å². The van der Waals surface area contributed by atoms with Gasteiger partial charge < -0.3 is 18.6 Å². The summed E-state index contributed by atoms with van der Waals surface area (Å²) in [4.78, 5) is 16.9. The summed E-state index contributed by atoms with van der Waals surface area (Å²) in [6.07, 6.45) is 2.12. The molecule has 0 fully saturated rings. The fourth-order valence-electron chi connectivity index (χ4n) is 2.58. The highest BCUT2D eigenvalue weighted by atomic mass is 16.5. The first-order valence-corrected chi connectivity index (χ1v) is 7.62. The first-order valence-electron chi connectivity index (χ1n) is 7.62. The van der Waals surface area contributed by atoms with Crippen molar-refractivity contribution in [2.45, 2.75) is 19.9 Å². The van der Waals surface area contributed by atoms with Gasteiger partial charge in [0, 0.05) is 24.8 Å². The number of pyridine rings is 1. The fourth-order valence-corrected chi connectivity index (χ4v) is 2.58. The molecular weight excluding hydrogens is 324 g/mol. The molecule has 0 saturated carbocycles. The van der Waals surface area contributed by atoms with Crippen LogP contribution in [0.2, 0.25) is 0 Å². The Bertz CT molecular complexity index is 1030. The number of hydrogen-bond acceptors (Lipinski definition) is 7. The first-order chi connectivity index (χ1) is 12.1. The van der Waals surface area contributed by atoms with Gasteiger partial charge in [0.2, 0.25) is 11.3 Å². The quantitative estimate of drug-likeness (QED) is 0.698. The number of rotatable bonds is 5. The van der Waals surface area contributed by atoms with E-state index in [2.05, 4.69) is 10.1 Å². The van der Waals surface area contributed by atoms with Crippen LogP contribution in [0.3, 0.4) is 0 Å². The van der Waals surface area contributed by atoms with Crippen molar-refractivity contribution in [3.8, 4) is 17.6 Å². The van der Waals surface area contributed by atoms with Gasteiger partial charge >= 0.3 is 0 Å². The average Bonchev–Trinajstić information content (AvgIpc) is 3.10. The van der Waals surface area contributed by atoms with Gasteiger partial charge in [0.1, 0.15) is 29.7 Å². The maximum atomic E-state index is 12.6. The Kier molecular flexibility index (Phi) is 4.39. The van der Waals surface area contributed by atoms with Gasteiger partial charge in [-0.3, -0.25) is 4.79 Å². The summed E-state index contributed by atoms with van der Waals surface area (Å²) in [6, 6.07) is 5.24. The molecule has 1 aromatic carbocycles. The summed E-state index contributed by atoms with van der Waals surface area (Å²) in [5.74, 6) is 1.84. The molecule has 0 amide bonds. The second-order valence-electron chi connectivity index (χ2n) is 5.29. The maximum absolute atomic E-state index is 12.6. The first kappa shape index (κ1) is 16.5. The van der Waals surface area contributed by atoms with Crippen molar-refractivity contribution in [1.82, 2.24) is 14.7 Å². The zero-order chi connectivity index (χ0) is 18.0. The molecule has 0 aliphatic carbocycles. The van der Waals surface area contributed by atoms with Crippen molar-refractivity contribution in [3.63, 3.8) is 0 Å². The molecule has 8 heteroatoms. The Hall–Kier alpha value is -3.34. The Balaban J connectivity index is 2.27. The molecule has 2 heterocycles. The summed E-state index contributed by atoms with van der Waals surface area (Å²) in [5.41, 5.74) is 0.163. The molecule has 0 bridgehead atoms. The highest BCUT2D eigenvalue weighted by Gasteiger charge is 2.17. The summed E-state index contributed by atoms with van der Waals surface area (Å²) in [7, 11) is 2.99. The van der Waals surface area contributed by atoms with E-state index in [4.69, 9.17) is 14.0 Å². The largest absolute Gasteiger partial charge is 0.497 e. The van der Waals surface area contributed by atoms with Crippen LogP contribution in [0.5, 0.6) is 11.5 Å². The molecule has 0 N–H and O–H groups in total. The van der Waals surface area contributed by atoms with Crippen LogP contribution in [0.25, 0.3) is 10.9 Å². The third-order valence-corrected chi connectivity index (χ3v) is 3.83. The molecular formula is C17H16N4O4. The van der Waals surface area contributed by atoms with E-state index < -0.39 is 5.43 Å². The molecule has 128 valence electrons. The van der Waals surface area contributed by atoms with Gasteiger partial charge in [-0.1, -0.05) is 12.1 Å². The van der Waals surface area contributed by atoms with Gasteiger partial charge in [0.05, 0.1) is 25.1 Å². The van der Waals surface area contributed by atoms with Crippen LogP contribution in [-0.2, 0) is 13.0 Å². The summed E-state index contributed by atoms with van der Waals surface area (Å²) < 4.78 is 17.5. The Labute approximate surface area is 143 Å². The van der Waals surface area contributed by atoms with Crippen molar-refractivity contribution >= 4 is 10.9 Å². The number of benzene rings is 1. The minimum absolute atomic E-state index is 0.00574. The fraction of sp³-hybridized carbons (Fsp3) is 0.294. The molecule has 0 unspecified atom stereocenters. The summed E-state index contributed by atoms with van der Waals surface area (Å²) in [6.45, 7) is 2.14. The van der Waals surface area contributed by atoms with Crippen LogP contribution in [0.15, 0.2) is 27.6 Å². The van der Waals surface area contributed by atoms with Crippen LogP contribution >= 0.6 is 0 Å². The highest BCUT2D eigenvalue weighted by molar-refractivity contribution is 5.88. The number of ether oxygens (including phenoxy) is 2. The predicted molar refractivity (Wildman–Crippen MR) is 88.8 cm³/mol. The predicted octanol–water partition coefficient (Wildman–Crippen LogP) is 1.88. The van der Waals surface area contributed by atoms with E-state index in [9.17, 15) is 10.1 Å². The molecule has 2 aromatic heterocycles. The van der Waals surface area contributed by atoms with Gasteiger partial charge in [-0.15, -0.1) is 0 Å². The lowest BCUT2D eigenvalue weighted by Crippen LogP contribution is -2.15. The zero-order valence-corrected chi connectivity index (χ0v) is 14.1. The van der Waals surface area contributed by atoms with E-state index in [-0.39, 0.29) is 12.1 Å². The van der Waals surface area contributed by atoms with Gasteiger partial charge in [-0.05, 0) is 0 Å². The second-order valence-corrected chi connectivity index (χ2v) is 5.29. The molecule has 0 aliphatic rings. The van der Waals surface area contributed by atoms with Crippen LogP contribution in [0.4, 0.5) is 0 Å². The molecule has 0 atom stereocenters. The van der Waals surface area contributed by atoms with E-state index in [0.717, 1.165) is 0 Å². The number of aryl methyl sites for hydroxylation is 1. The van der Waals surface area contributed by atoms with Gasteiger partial charge in [0.15, 0.2) is 5.82 Å². The minimum Gasteiger partial charge on any atom is -0.497 e. The van der Waals surface area contributed by atoms with E-state index in [1.165, 1.54) is 20.4 Å². The lowest BCUT2D eigenvalue weighted by molar-refractivity contribution is 0.367. The average molecular weight is 340 g/mol. The number of nitriles is 1. The molecule has 0 saturated heterocycles. The standard InChI is InChI=1S/C17H16N4O4/c1-4-14-19-15(25-20-14)9-21-8-10(7-18)17(22)16-12(21)5-11(23-2)6-13(16)24-3/h5-6,8H,4,9H2,1-3H3. The zero-order valence-electron chi connectivity index (χ0n) is 14.1. The summed E-state index contributed by atoms with van der Waals surface area (Å²) >= 11 is 0. The number of nitrogens with zero attached hydrogens (tertiary/aromatic N) is 4. The topological polar surface area (TPSA) is 103 Å². The molecule has 3 rings (SSSR count). The number of fused-ring (bicyclic) bond motifs is 1. The van der Waals surface area contributed by atoms with Crippen LogP contribution in [0, 0.1) is 11.3 Å². The van der Waals surface area contributed by atoms with Crippen LogP contribution in [-0.4, -0.2) is 28.9 Å². The third kappa shape index (κ3) is 2.92. The Morgan fingerprint density at radius 2 is 2.12 bits per heavy atom. The molecule has 25 heavy (non-hydrogen) atoms. The molecule has 0 spiro atoms. The number of hydrogen-bond donors (Lipinski definition) is 0. The number of methoxy groups -OCH3 is 2. The number of aromatic nitrogens is 3. The SMILES string of the molecule is CCc1noc(Cn2cc(C#N)c(=O)c3c(OC)cc(OC)cc32)n1. The van der Waals surface area contributed by atoms with E-state index in [1.807, 2.05) is 13.0 Å². The van der Waals surface area contributed by atoms with Crippen molar-refractivity contribution in [2.75, 3.05) is 14.2 Å². The smallest absolute Gasteiger partial charge is 0.246 e. The molecule has 3 aromatic rings. The lowest BCUT2D eigenvalue weighted by atomic mass is 10.1. The van der Waals surface area contributed by atoms with E-state index in [1.54, 1.807) is 16.7 Å². The molecule has 8 nitrogen and oxygen atoms in total. The van der Waals surface area contributed by atoms with Crippen molar-refractivity contribution < 1.29 is 14.0 Å². The lowest BCUT2D eigenvalue weighted by Gasteiger charge is -2.13. The molecule has 0 aliphatic heterocycles. The van der Waals surface area contributed by atoms with Crippen LogP contribution < -0.4 is 14.9 Å². The highest BCUT2D eigenvalue weighted by Crippen LogP contribution is 2.29. The van der Waals surface area contributed by atoms with Crippen molar-refractivity contribution in [3.05, 3.63) is 45.8 Å². The molecule has 0 radical (unpaired) electrons. The van der Waals surface area contributed by atoms with Crippen molar-refractivity contribution in [2.24, 2.45) is 0 Å². The third-order valence-electron chi connectivity index (χ3n) is 3.83. The Morgan fingerprint density at radius 3 is 2.72 bits per heavy atom. The van der Waals surface area contributed by atoms with Gasteiger partial charge in [-0.25, -0.2) is 0 Å². The van der Waals surface area contributed by atoms with Gasteiger partial charge in [0.25, 0.3) is 0 Å². The van der Waals surface area contributed by atoms with Gasteiger partial charge in [-0.2, -0.15) is 10.2 Å². The van der Waals surface area contributed by atoms with E-state index in [0.29, 0.717) is 40.5 Å². The van der Waals surface area contributed by atoms with E-state index >= 15 is 0 Å². The second kappa shape index (κ2) is 6.65. The minimum atomic E-state index is -0.395. The Morgan fingerprint density at radius 1 is 1.32 bits per heavy atom. The maximum Gasteiger partial charge on any atom is 0.246 e.